The summed E-state index contributed by atoms with van der Waals surface area (Å²) in [6.07, 6.45) is 2.23. The van der Waals surface area contributed by atoms with Gasteiger partial charge in [-0.1, -0.05) is 49.7 Å². The third-order valence-electron chi connectivity index (χ3n) is 6.11. The van der Waals surface area contributed by atoms with Gasteiger partial charge in [0.05, 0.1) is 18.0 Å². The summed E-state index contributed by atoms with van der Waals surface area (Å²) < 4.78 is 34.0. The first-order chi connectivity index (χ1) is 15.7. The largest absolute Gasteiger partial charge is 0.496 e. The fourth-order valence-corrected chi connectivity index (χ4v) is 5.53. The molecule has 33 heavy (non-hydrogen) atoms. The van der Waals surface area contributed by atoms with Gasteiger partial charge in [0, 0.05) is 12.1 Å². The van der Waals surface area contributed by atoms with Crippen LogP contribution in [0.15, 0.2) is 53.4 Å². The van der Waals surface area contributed by atoms with Gasteiger partial charge >= 0.3 is 0 Å². The van der Waals surface area contributed by atoms with Gasteiger partial charge in [0.15, 0.2) is 0 Å². The monoisotopic (exact) mass is 473 g/mol. The van der Waals surface area contributed by atoms with Crippen LogP contribution in [-0.2, 0) is 14.8 Å². The van der Waals surface area contributed by atoms with Crippen LogP contribution in [0.1, 0.15) is 43.9 Å². The summed E-state index contributed by atoms with van der Waals surface area (Å²) >= 11 is 0. The van der Waals surface area contributed by atoms with Crippen molar-refractivity contribution in [3.63, 3.8) is 0 Å². The maximum absolute atomic E-state index is 13.2. The molecule has 2 atom stereocenters. The molecule has 2 aromatic rings. The molecule has 1 amide bonds. The van der Waals surface area contributed by atoms with Gasteiger partial charge in [0.1, 0.15) is 11.8 Å². The van der Waals surface area contributed by atoms with Crippen molar-refractivity contribution in [3.8, 4) is 5.75 Å². The number of nitrogens with zero attached hydrogens (tertiary/aromatic N) is 1. The lowest BCUT2D eigenvalue weighted by atomic mass is 10.0. The lowest BCUT2D eigenvalue weighted by Gasteiger charge is -2.30. The highest BCUT2D eigenvalue weighted by molar-refractivity contribution is 7.89. The van der Waals surface area contributed by atoms with Crippen LogP contribution in [0.25, 0.3) is 0 Å². The standard InChI is InChI=1S/C25H35N3O4S/c1-18(2)24(27-33(30,31)20-13-11-19(3)12-14-20)25(29)26-17-22(28-15-7-8-16-28)21-9-5-6-10-23(21)32-4/h5-6,9-14,18,22,24,27H,7-8,15-17H2,1-4H3,(H,26,29)/t22-,24-/m0/s1. The normalized spacial score (nSPS) is 16.5. The van der Waals surface area contributed by atoms with Gasteiger partial charge in [-0.25, -0.2) is 8.42 Å². The van der Waals surface area contributed by atoms with Gasteiger partial charge in [0.2, 0.25) is 15.9 Å². The molecule has 0 aliphatic carbocycles. The molecule has 0 aromatic heterocycles. The molecular weight excluding hydrogens is 438 g/mol. The first kappa shape index (κ1) is 25.2. The Balaban J connectivity index is 1.76. The van der Waals surface area contributed by atoms with Crippen molar-refractivity contribution in [1.29, 1.82) is 0 Å². The molecule has 0 unspecified atom stereocenters. The van der Waals surface area contributed by atoms with E-state index >= 15 is 0 Å². The summed E-state index contributed by atoms with van der Waals surface area (Å²) in [5, 5.41) is 3.01. The van der Waals surface area contributed by atoms with Crippen molar-refractivity contribution in [2.75, 3.05) is 26.7 Å². The number of carbonyl (C=O) groups is 1. The summed E-state index contributed by atoms with van der Waals surface area (Å²) in [7, 11) is -2.18. The molecule has 0 radical (unpaired) electrons. The number of para-hydroxylation sites is 1. The molecule has 0 saturated carbocycles. The van der Waals surface area contributed by atoms with Gasteiger partial charge < -0.3 is 10.1 Å². The van der Waals surface area contributed by atoms with Crippen LogP contribution in [0.2, 0.25) is 0 Å². The fraction of sp³-hybridized carbons (Fsp3) is 0.480. The molecule has 1 aliphatic heterocycles. The van der Waals surface area contributed by atoms with E-state index in [1.807, 2.05) is 45.0 Å². The Hall–Kier alpha value is -2.42. The number of likely N-dealkylation sites (tertiary alicyclic amines) is 1. The van der Waals surface area contributed by atoms with E-state index in [0.29, 0.717) is 6.54 Å². The first-order valence-corrected chi connectivity index (χ1v) is 12.9. The highest BCUT2D eigenvalue weighted by atomic mass is 32.2. The van der Waals surface area contributed by atoms with E-state index in [2.05, 4.69) is 14.9 Å². The minimum Gasteiger partial charge on any atom is -0.496 e. The number of hydrogen-bond acceptors (Lipinski definition) is 5. The molecule has 1 saturated heterocycles. The molecule has 2 N–H and O–H groups in total. The van der Waals surface area contributed by atoms with Crippen LogP contribution < -0.4 is 14.8 Å². The lowest BCUT2D eigenvalue weighted by Crippen LogP contribution is -2.51. The maximum atomic E-state index is 13.2. The summed E-state index contributed by atoms with van der Waals surface area (Å²) in [4.78, 5) is 15.7. The lowest BCUT2D eigenvalue weighted by molar-refractivity contribution is -0.123. The Bertz CT molecular complexity index is 1030. The topological polar surface area (TPSA) is 87.7 Å². The van der Waals surface area contributed by atoms with Crippen molar-refractivity contribution in [2.45, 2.75) is 50.6 Å². The molecule has 1 aliphatic rings. The van der Waals surface area contributed by atoms with Gasteiger partial charge in [0.25, 0.3) is 0 Å². The van der Waals surface area contributed by atoms with E-state index < -0.39 is 16.1 Å². The van der Waals surface area contributed by atoms with Crippen LogP contribution in [0.5, 0.6) is 5.75 Å². The number of sulfonamides is 1. The highest BCUT2D eigenvalue weighted by Gasteiger charge is 2.31. The Labute approximate surface area is 197 Å². The van der Waals surface area contributed by atoms with Crippen LogP contribution in [0.4, 0.5) is 0 Å². The molecular formula is C25H35N3O4S. The van der Waals surface area contributed by atoms with Gasteiger partial charge in [-0.3, -0.25) is 9.69 Å². The van der Waals surface area contributed by atoms with E-state index in [0.717, 1.165) is 42.8 Å². The van der Waals surface area contributed by atoms with Crippen LogP contribution >= 0.6 is 0 Å². The predicted octanol–water partition coefficient (Wildman–Crippen LogP) is 3.26. The summed E-state index contributed by atoms with van der Waals surface area (Å²) in [5.41, 5.74) is 1.99. The molecule has 2 aromatic carbocycles. The first-order valence-electron chi connectivity index (χ1n) is 11.5. The molecule has 1 heterocycles. The number of methoxy groups -OCH3 is 1. The van der Waals surface area contributed by atoms with Crippen molar-refractivity contribution in [2.24, 2.45) is 5.92 Å². The molecule has 8 heteroatoms. The zero-order chi connectivity index (χ0) is 24.0. The second kappa shape index (κ2) is 11.1. The minimum atomic E-state index is -3.82. The Morgan fingerprint density at radius 1 is 1.06 bits per heavy atom. The predicted molar refractivity (Wildman–Crippen MR) is 130 cm³/mol. The second-order valence-corrected chi connectivity index (χ2v) is 10.6. The molecule has 180 valence electrons. The van der Waals surface area contributed by atoms with Crippen LogP contribution in [0, 0.1) is 12.8 Å². The molecule has 1 fully saturated rings. The third kappa shape index (κ3) is 6.34. The van der Waals surface area contributed by atoms with Gasteiger partial charge in [-0.05, 0) is 57.0 Å². The number of benzene rings is 2. The number of ether oxygens (including phenoxy) is 1. The van der Waals surface area contributed by atoms with Crippen LogP contribution in [-0.4, -0.2) is 52.0 Å². The van der Waals surface area contributed by atoms with Gasteiger partial charge in [-0.15, -0.1) is 0 Å². The zero-order valence-electron chi connectivity index (χ0n) is 19.9. The minimum absolute atomic E-state index is 0.0471. The average molecular weight is 474 g/mol. The smallest absolute Gasteiger partial charge is 0.241 e. The average Bonchev–Trinajstić information content (AvgIpc) is 3.32. The highest BCUT2D eigenvalue weighted by Crippen LogP contribution is 2.31. The van der Waals surface area contributed by atoms with E-state index in [1.165, 1.54) is 0 Å². The maximum Gasteiger partial charge on any atom is 0.241 e. The van der Waals surface area contributed by atoms with E-state index in [9.17, 15) is 13.2 Å². The van der Waals surface area contributed by atoms with Gasteiger partial charge in [-0.2, -0.15) is 4.72 Å². The SMILES string of the molecule is COc1ccccc1[C@H](CNC(=O)[C@@H](NS(=O)(=O)c1ccc(C)cc1)C(C)C)N1CCCC1. The summed E-state index contributed by atoms with van der Waals surface area (Å²) in [6.45, 7) is 7.83. The summed E-state index contributed by atoms with van der Waals surface area (Å²) in [5.74, 6) is 0.227. The number of hydrogen-bond donors (Lipinski definition) is 2. The number of amides is 1. The second-order valence-electron chi connectivity index (χ2n) is 8.90. The fourth-order valence-electron chi connectivity index (χ4n) is 4.18. The molecule has 0 spiro atoms. The van der Waals surface area contributed by atoms with E-state index in [4.69, 9.17) is 4.74 Å². The Morgan fingerprint density at radius 3 is 2.30 bits per heavy atom. The van der Waals surface area contributed by atoms with Crippen molar-refractivity contribution in [1.82, 2.24) is 14.9 Å². The Morgan fingerprint density at radius 2 is 1.70 bits per heavy atom. The zero-order valence-corrected chi connectivity index (χ0v) is 20.7. The van der Waals surface area contributed by atoms with Crippen LogP contribution in [0.3, 0.4) is 0 Å². The number of aryl methyl sites for hydroxylation is 1. The molecule has 3 rings (SSSR count). The molecule has 0 bridgehead atoms. The Kier molecular flexibility index (Phi) is 8.51. The van der Waals surface area contributed by atoms with Crippen molar-refractivity contribution >= 4 is 15.9 Å². The number of nitrogens with one attached hydrogen (secondary N) is 2. The quantitative estimate of drug-likeness (QED) is 0.553. The van der Waals surface area contributed by atoms with E-state index in [-0.39, 0.29) is 22.8 Å². The number of carbonyl (C=O) groups excluding carboxylic acids is 1. The van der Waals surface area contributed by atoms with Crippen molar-refractivity contribution in [3.05, 3.63) is 59.7 Å². The third-order valence-corrected chi connectivity index (χ3v) is 7.57. The number of rotatable bonds is 10. The van der Waals surface area contributed by atoms with Crippen molar-refractivity contribution < 1.29 is 17.9 Å². The van der Waals surface area contributed by atoms with E-state index in [1.54, 1.807) is 31.4 Å². The molecule has 7 nitrogen and oxygen atoms in total. The summed E-state index contributed by atoms with van der Waals surface area (Å²) in [6, 6.07) is 13.5.